The summed E-state index contributed by atoms with van der Waals surface area (Å²) in [5, 5.41) is 6.59. The van der Waals surface area contributed by atoms with Crippen LogP contribution in [-0.2, 0) is 4.74 Å². The molecule has 2 N–H and O–H groups in total. The highest BCUT2D eigenvalue weighted by Crippen LogP contribution is 2.32. The van der Waals surface area contributed by atoms with Crippen LogP contribution in [0.15, 0.2) is 23.2 Å². The first-order valence-electron chi connectivity index (χ1n) is 8.19. The van der Waals surface area contributed by atoms with Gasteiger partial charge in [0, 0.05) is 45.5 Å². The fourth-order valence-corrected chi connectivity index (χ4v) is 2.31. The number of ether oxygens (including phenoxy) is 3. The molecule has 1 aromatic rings. The second-order valence-electron chi connectivity index (χ2n) is 5.39. The van der Waals surface area contributed by atoms with Gasteiger partial charge in [0.25, 0.3) is 0 Å². The molecule has 0 unspecified atom stereocenters. The Balaban J connectivity index is 1.81. The van der Waals surface area contributed by atoms with E-state index in [0.29, 0.717) is 13.2 Å². The Morgan fingerprint density at radius 2 is 2.00 bits per heavy atom. The van der Waals surface area contributed by atoms with Crippen LogP contribution in [0.25, 0.3) is 0 Å². The van der Waals surface area contributed by atoms with Gasteiger partial charge in [-0.05, 0) is 31.4 Å². The van der Waals surface area contributed by atoms with E-state index in [1.165, 1.54) is 0 Å². The minimum absolute atomic E-state index is 0.685. The number of unbranched alkanes of at least 4 members (excludes halogenated alkanes) is 2. The second kappa shape index (κ2) is 9.94. The van der Waals surface area contributed by atoms with Gasteiger partial charge in [0.15, 0.2) is 17.5 Å². The van der Waals surface area contributed by atoms with E-state index in [1.54, 1.807) is 14.2 Å². The molecule has 1 heterocycles. The van der Waals surface area contributed by atoms with Gasteiger partial charge in [0.2, 0.25) is 0 Å². The first-order chi connectivity index (χ1) is 11.3. The number of aliphatic imine (C=N–C) groups is 1. The summed E-state index contributed by atoms with van der Waals surface area (Å²) in [7, 11) is 3.50. The van der Waals surface area contributed by atoms with Crippen LogP contribution in [0, 0.1) is 0 Å². The molecule has 1 aliphatic rings. The smallest absolute Gasteiger partial charge is 0.195 e. The predicted octanol–water partition coefficient (Wildman–Crippen LogP) is 2.65. The molecule has 0 radical (unpaired) electrons. The van der Waals surface area contributed by atoms with Crippen LogP contribution in [0.5, 0.6) is 11.5 Å². The lowest BCUT2D eigenvalue weighted by Crippen LogP contribution is -2.31. The van der Waals surface area contributed by atoms with Crippen LogP contribution < -0.4 is 20.1 Å². The summed E-state index contributed by atoms with van der Waals surface area (Å²) in [5.41, 5.74) is 0.932. The van der Waals surface area contributed by atoms with Gasteiger partial charge in [0.05, 0.1) is 13.2 Å². The molecule has 0 bridgehead atoms. The highest BCUT2D eigenvalue weighted by Gasteiger charge is 2.11. The van der Waals surface area contributed by atoms with E-state index in [2.05, 4.69) is 15.6 Å². The Hall–Kier alpha value is -1.95. The Morgan fingerprint density at radius 1 is 1.17 bits per heavy atom. The van der Waals surface area contributed by atoms with Gasteiger partial charge in [-0.3, -0.25) is 4.99 Å². The summed E-state index contributed by atoms with van der Waals surface area (Å²) in [6.07, 6.45) is 4.23. The fourth-order valence-electron chi connectivity index (χ4n) is 2.31. The maximum atomic E-state index is 5.70. The summed E-state index contributed by atoms with van der Waals surface area (Å²) in [5.74, 6) is 2.34. The largest absolute Gasteiger partial charge is 0.490 e. The number of nitrogens with one attached hydrogen (secondary N) is 2. The lowest BCUT2D eigenvalue weighted by molar-refractivity contribution is 0.192. The molecule has 0 amide bonds. The van der Waals surface area contributed by atoms with Crippen LogP contribution in [0.1, 0.15) is 25.7 Å². The van der Waals surface area contributed by atoms with E-state index in [9.17, 15) is 0 Å². The van der Waals surface area contributed by atoms with E-state index in [-0.39, 0.29) is 0 Å². The van der Waals surface area contributed by atoms with Gasteiger partial charge in [-0.1, -0.05) is 0 Å². The van der Waals surface area contributed by atoms with Crippen molar-refractivity contribution in [2.75, 3.05) is 45.8 Å². The average molecular weight is 321 g/mol. The average Bonchev–Trinajstić information content (AvgIpc) is 2.81. The standard InChI is InChI=1S/C17H27N3O3/c1-18-17(19-9-4-3-5-10-21-2)20-14-7-8-15-16(13-14)23-12-6-11-22-15/h7-8,13H,3-6,9-12H2,1-2H3,(H2,18,19,20). The van der Waals surface area contributed by atoms with Crippen molar-refractivity contribution in [2.45, 2.75) is 25.7 Å². The Morgan fingerprint density at radius 3 is 2.78 bits per heavy atom. The zero-order valence-electron chi connectivity index (χ0n) is 14.1. The zero-order valence-corrected chi connectivity index (χ0v) is 14.1. The first-order valence-corrected chi connectivity index (χ1v) is 8.19. The van der Waals surface area contributed by atoms with E-state index in [1.807, 2.05) is 18.2 Å². The maximum absolute atomic E-state index is 5.70. The molecule has 0 atom stereocenters. The molecular weight excluding hydrogens is 294 g/mol. The van der Waals surface area contributed by atoms with Gasteiger partial charge >= 0.3 is 0 Å². The van der Waals surface area contributed by atoms with E-state index < -0.39 is 0 Å². The fraction of sp³-hybridized carbons (Fsp3) is 0.588. The molecule has 6 nitrogen and oxygen atoms in total. The van der Waals surface area contributed by atoms with Crippen molar-refractivity contribution >= 4 is 11.6 Å². The summed E-state index contributed by atoms with van der Waals surface area (Å²) in [6, 6.07) is 5.85. The van der Waals surface area contributed by atoms with E-state index in [0.717, 1.165) is 62.0 Å². The third-order valence-electron chi connectivity index (χ3n) is 3.55. The summed E-state index contributed by atoms with van der Waals surface area (Å²) in [6.45, 7) is 3.09. The van der Waals surface area contributed by atoms with Crippen molar-refractivity contribution in [1.82, 2.24) is 5.32 Å². The highest BCUT2D eigenvalue weighted by molar-refractivity contribution is 5.93. The number of benzene rings is 1. The third kappa shape index (κ3) is 5.98. The molecule has 23 heavy (non-hydrogen) atoms. The molecule has 0 saturated carbocycles. The molecule has 6 heteroatoms. The van der Waals surface area contributed by atoms with Crippen LogP contribution in [-0.4, -0.2) is 46.5 Å². The van der Waals surface area contributed by atoms with Crippen molar-refractivity contribution in [3.8, 4) is 11.5 Å². The summed E-state index contributed by atoms with van der Waals surface area (Å²) >= 11 is 0. The minimum Gasteiger partial charge on any atom is -0.490 e. The third-order valence-corrected chi connectivity index (χ3v) is 3.55. The molecule has 0 spiro atoms. The molecule has 2 rings (SSSR count). The molecule has 0 aromatic heterocycles. The predicted molar refractivity (Wildman–Crippen MR) is 92.8 cm³/mol. The van der Waals surface area contributed by atoms with E-state index >= 15 is 0 Å². The van der Waals surface area contributed by atoms with Crippen LogP contribution in [0.4, 0.5) is 5.69 Å². The molecule has 0 saturated heterocycles. The van der Waals surface area contributed by atoms with Crippen molar-refractivity contribution in [1.29, 1.82) is 0 Å². The highest BCUT2D eigenvalue weighted by atomic mass is 16.5. The Labute approximate surface area is 138 Å². The lowest BCUT2D eigenvalue weighted by Gasteiger charge is -2.14. The lowest BCUT2D eigenvalue weighted by atomic mass is 10.2. The topological polar surface area (TPSA) is 64.1 Å². The monoisotopic (exact) mass is 321 g/mol. The van der Waals surface area contributed by atoms with Crippen molar-refractivity contribution in [2.24, 2.45) is 4.99 Å². The summed E-state index contributed by atoms with van der Waals surface area (Å²) in [4.78, 5) is 4.25. The van der Waals surface area contributed by atoms with Crippen molar-refractivity contribution in [3.63, 3.8) is 0 Å². The Bertz CT molecular complexity index is 506. The van der Waals surface area contributed by atoms with Crippen molar-refractivity contribution < 1.29 is 14.2 Å². The molecule has 0 aliphatic carbocycles. The number of methoxy groups -OCH3 is 1. The second-order valence-corrected chi connectivity index (χ2v) is 5.39. The molecule has 128 valence electrons. The number of hydrogen-bond donors (Lipinski definition) is 2. The normalized spacial score (nSPS) is 14.3. The van der Waals surface area contributed by atoms with Gasteiger partial charge < -0.3 is 24.8 Å². The quantitative estimate of drug-likeness (QED) is 0.459. The Kier molecular flexibility index (Phi) is 7.52. The number of anilines is 1. The number of nitrogens with zero attached hydrogens (tertiary/aromatic N) is 1. The van der Waals surface area contributed by atoms with E-state index in [4.69, 9.17) is 14.2 Å². The van der Waals surface area contributed by atoms with Gasteiger partial charge in [-0.15, -0.1) is 0 Å². The number of hydrogen-bond acceptors (Lipinski definition) is 4. The minimum atomic E-state index is 0.685. The molecule has 1 aliphatic heterocycles. The van der Waals surface area contributed by atoms with Gasteiger partial charge in [-0.2, -0.15) is 0 Å². The van der Waals surface area contributed by atoms with Crippen LogP contribution in [0.3, 0.4) is 0 Å². The zero-order chi connectivity index (χ0) is 16.3. The van der Waals surface area contributed by atoms with Crippen LogP contribution in [0.2, 0.25) is 0 Å². The first kappa shape index (κ1) is 17.4. The number of rotatable bonds is 7. The summed E-state index contributed by atoms with van der Waals surface area (Å²) < 4.78 is 16.4. The molecule has 0 fully saturated rings. The number of fused-ring (bicyclic) bond motifs is 1. The van der Waals surface area contributed by atoms with Crippen LogP contribution >= 0.6 is 0 Å². The van der Waals surface area contributed by atoms with Crippen molar-refractivity contribution in [3.05, 3.63) is 18.2 Å². The maximum Gasteiger partial charge on any atom is 0.195 e. The molecule has 1 aromatic carbocycles. The van der Waals surface area contributed by atoms with Gasteiger partial charge in [-0.25, -0.2) is 0 Å². The molecular formula is C17H27N3O3. The number of guanidine groups is 1. The SMILES string of the molecule is CN=C(NCCCCCOC)Nc1ccc2c(c1)OCCCO2. The van der Waals surface area contributed by atoms with Gasteiger partial charge in [0.1, 0.15) is 0 Å².